The molecule has 7 nitrogen and oxygen atoms in total. The number of aromatic nitrogens is 2. The van der Waals surface area contributed by atoms with Crippen LogP contribution in [-0.2, 0) is 6.61 Å². The lowest BCUT2D eigenvalue weighted by Gasteiger charge is -2.35. The van der Waals surface area contributed by atoms with Gasteiger partial charge in [0.2, 0.25) is 0 Å². The van der Waals surface area contributed by atoms with Crippen molar-refractivity contribution in [2.75, 3.05) is 26.2 Å². The second-order valence-electron chi connectivity index (χ2n) is 8.56. The molecule has 0 atom stereocenters. The van der Waals surface area contributed by atoms with Crippen molar-refractivity contribution < 1.29 is 18.7 Å². The molecule has 0 radical (unpaired) electrons. The zero-order valence-corrected chi connectivity index (χ0v) is 19.4. The minimum Gasteiger partial charge on any atom is -0.487 e. The van der Waals surface area contributed by atoms with Gasteiger partial charge in [0.25, 0.3) is 11.8 Å². The Bertz CT molecular complexity index is 1360. The van der Waals surface area contributed by atoms with Gasteiger partial charge in [-0.05, 0) is 67.1 Å². The summed E-state index contributed by atoms with van der Waals surface area (Å²) in [5.41, 5.74) is 3.85. The number of carbonyl (C=O) groups is 2. The number of hydrogen-bond donors (Lipinski definition) is 0. The molecule has 1 aliphatic rings. The molecule has 2 amide bonds. The highest BCUT2D eigenvalue weighted by molar-refractivity contribution is 5.96. The van der Waals surface area contributed by atoms with Crippen LogP contribution in [0.2, 0.25) is 0 Å². The fourth-order valence-electron chi connectivity index (χ4n) is 4.20. The Morgan fingerprint density at radius 2 is 1.46 bits per heavy atom. The molecular weight excluding hydrogens is 447 g/mol. The van der Waals surface area contributed by atoms with Gasteiger partial charge in [-0.2, -0.15) is 0 Å². The fraction of sp³-hybridized carbons (Fsp3) is 0.222. The maximum absolute atomic E-state index is 13.1. The van der Waals surface area contributed by atoms with Crippen molar-refractivity contribution in [3.63, 3.8) is 0 Å². The number of amides is 2. The largest absolute Gasteiger partial charge is 0.487 e. The molecule has 2 aromatic heterocycles. The number of nitrogens with zero attached hydrogens (tertiary/aromatic N) is 4. The summed E-state index contributed by atoms with van der Waals surface area (Å²) in [6, 6.07) is 16.6. The molecule has 0 aliphatic carbocycles. The van der Waals surface area contributed by atoms with Gasteiger partial charge in [0.05, 0.1) is 5.69 Å². The van der Waals surface area contributed by atoms with E-state index in [0.29, 0.717) is 49.7 Å². The molecule has 1 saturated heterocycles. The summed E-state index contributed by atoms with van der Waals surface area (Å²) in [5, 5.41) is 0. The first-order chi connectivity index (χ1) is 17.0. The number of aryl methyl sites for hydroxylation is 1. The first kappa shape index (κ1) is 22.6. The van der Waals surface area contributed by atoms with E-state index in [9.17, 15) is 14.0 Å². The summed E-state index contributed by atoms with van der Waals surface area (Å²) in [5.74, 6) is 0.0457. The van der Waals surface area contributed by atoms with Gasteiger partial charge < -0.3 is 18.9 Å². The zero-order valence-electron chi connectivity index (χ0n) is 19.4. The van der Waals surface area contributed by atoms with Gasteiger partial charge >= 0.3 is 0 Å². The quantitative estimate of drug-likeness (QED) is 0.441. The summed E-state index contributed by atoms with van der Waals surface area (Å²) >= 11 is 0. The average molecular weight is 473 g/mol. The number of halogens is 1. The van der Waals surface area contributed by atoms with Gasteiger partial charge in [-0.25, -0.2) is 9.37 Å². The minimum absolute atomic E-state index is 0.0822. The van der Waals surface area contributed by atoms with E-state index >= 15 is 0 Å². The van der Waals surface area contributed by atoms with Gasteiger partial charge in [-0.15, -0.1) is 0 Å². The molecule has 2 aromatic carbocycles. The lowest BCUT2D eigenvalue weighted by atomic mass is 10.1. The Balaban J connectivity index is 1.15. The molecule has 1 fully saturated rings. The number of fused-ring (bicyclic) bond motifs is 1. The molecule has 0 N–H and O–H groups in total. The molecule has 0 saturated carbocycles. The number of benzene rings is 2. The lowest BCUT2D eigenvalue weighted by molar-refractivity contribution is 0.0535. The van der Waals surface area contributed by atoms with E-state index in [4.69, 9.17) is 4.74 Å². The Labute approximate surface area is 202 Å². The predicted molar refractivity (Wildman–Crippen MR) is 129 cm³/mol. The van der Waals surface area contributed by atoms with E-state index in [-0.39, 0.29) is 17.6 Å². The van der Waals surface area contributed by atoms with Crippen molar-refractivity contribution in [2.45, 2.75) is 13.5 Å². The van der Waals surface area contributed by atoms with E-state index in [2.05, 4.69) is 4.98 Å². The maximum Gasteiger partial charge on any atom is 0.253 e. The third-order valence-corrected chi connectivity index (χ3v) is 6.16. The SMILES string of the molecule is Cc1cccn2cc(COc3ccc(C(=O)N4CCN(C(=O)c5ccc(F)cc5)CC4)cc3)nc12. The topological polar surface area (TPSA) is 67.2 Å². The second kappa shape index (κ2) is 9.58. The molecule has 8 heteroatoms. The number of imidazole rings is 1. The monoisotopic (exact) mass is 472 g/mol. The van der Waals surface area contributed by atoms with Crippen LogP contribution in [0.1, 0.15) is 32.0 Å². The second-order valence-corrected chi connectivity index (χ2v) is 8.56. The number of ether oxygens (including phenoxy) is 1. The van der Waals surface area contributed by atoms with E-state index in [1.807, 2.05) is 35.9 Å². The van der Waals surface area contributed by atoms with Gasteiger partial charge in [0.1, 0.15) is 23.8 Å². The van der Waals surface area contributed by atoms with Crippen LogP contribution in [0.25, 0.3) is 5.65 Å². The van der Waals surface area contributed by atoms with E-state index in [0.717, 1.165) is 16.9 Å². The molecule has 3 heterocycles. The van der Waals surface area contributed by atoms with Crippen molar-refractivity contribution in [3.8, 4) is 5.75 Å². The molecule has 4 aromatic rings. The summed E-state index contributed by atoms with van der Waals surface area (Å²) in [6.45, 7) is 4.10. The highest BCUT2D eigenvalue weighted by Crippen LogP contribution is 2.18. The number of rotatable bonds is 5. The Morgan fingerprint density at radius 1 is 0.886 bits per heavy atom. The van der Waals surface area contributed by atoms with E-state index in [1.54, 1.807) is 34.1 Å². The Kier molecular flexibility index (Phi) is 6.18. The standard InChI is InChI=1S/C27H25FN4O3/c1-19-3-2-12-32-17-23(29-25(19)32)18-35-24-10-6-21(7-11-24)27(34)31-15-13-30(14-16-31)26(33)20-4-8-22(28)9-5-20/h2-12,17H,13-16,18H2,1H3. The number of piperazine rings is 1. The fourth-order valence-corrected chi connectivity index (χ4v) is 4.20. The van der Waals surface area contributed by atoms with Crippen LogP contribution >= 0.6 is 0 Å². The third-order valence-electron chi connectivity index (χ3n) is 6.16. The Morgan fingerprint density at radius 3 is 2.03 bits per heavy atom. The van der Waals surface area contributed by atoms with Gasteiger partial charge in [0.15, 0.2) is 0 Å². The molecule has 35 heavy (non-hydrogen) atoms. The average Bonchev–Trinajstić information content (AvgIpc) is 3.32. The lowest BCUT2D eigenvalue weighted by Crippen LogP contribution is -2.50. The number of hydrogen-bond acceptors (Lipinski definition) is 4. The molecular formula is C27H25FN4O3. The Hall–Kier alpha value is -4.20. The van der Waals surface area contributed by atoms with Crippen molar-refractivity contribution in [1.29, 1.82) is 0 Å². The molecule has 0 spiro atoms. The third kappa shape index (κ3) is 4.87. The molecule has 5 rings (SSSR count). The van der Waals surface area contributed by atoms with Crippen molar-refractivity contribution in [2.24, 2.45) is 0 Å². The molecule has 0 unspecified atom stereocenters. The molecule has 178 valence electrons. The maximum atomic E-state index is 13.1. The molecule has 0 bridgehead atoms. The summed E-state index contributed by atoms with van der Waals surface area (Å²) in [4.78, 5) is 33.6. The van der Waals surface area contributed by atoms with Crippen molar-refractivity contribution >= 4 is 17.5 Å². The van der Waals surface area contributed by atoms with Crippen LogP contribution in [-0.4, -0.2) is 57.2 Å². The van der Waals surface area contributed by atoms with Crippen LogP contribution in [0.15, 0.2) is 73.1 Å². The van der Waals surface area contributed by atoms with Gasteiger partial charge in [-0.3, -0.25) is 9.59 Å². The molecule has 1 aliphatic heterocycles. The van der Waals surface area contributed by atoms with Crippen molar-refractivity contribution in [3.05, 3.63) is 101 Å². The summed E-state index contributed by atoms with van der Waals surface area (Å²) in [7, 11) is 0. The van der Waals surface area contributed by atoms with Crippen LogP contribution in [0.5, 0.6) is 5.75 Å². The summed E-state index contributed by atoms with van der Waals surface area (Å²) in [6.07, 6.45) is 3.90. The minimum atomic E-state index is -0.376. The van der Waals surface area contributed by atoms with Crippen LogP contribution in [0, 0.1) is 12.7 Å². The highest BCUT2D eigenvalue weighted by Gasteiger charge is 2.25. The van der Waals surface area contributed by atoms with E-state index in [1.165, 1.54) is 24.3 Å². The normalized spacial score (nSPS) is 13.8. The first-order valence-corrected chi connectivity index (χ1v) is 11.5. The number of carbonyl (C=O) groups excluding carboxylic acids is 2. The van der Waals surface area contributed by atoms with Crippen LogP contribution in [0.3, 0.4) is 0 Å². The zero-order chi connectivity index (χ0) is 24.4. The van der Waals surface area contributed by atoms with Gasteiger partial charge in [-0.1, -0.05) is 6.07 Å². The van der Waals surface area contributed by atoms with Crippen LogP contribution in [0.4, 0.5) is 4.39 Å². The van der Waals surface area contributed by atoms with Gasteiger partial charge in [0, 0.05) is 49.7 Å². The van der Waals surface area contributed by atoms with E-state index < -0.39 is 0 Å². The van der Waals surface area contributed by atoms with Crippen molar-refractivity contribution in [1.82, 2.24) is 19.2 Å². The highest BCUT2D eigenvalue weighted by atomic mass is 19.1. The predicted octanol–water partition coefficient (Wildman–Crippen LogP) is 3.96. The van der Waals surface area contributed by atoms with Crippen LogP contribution < -0.4 is 4.74 Å². The number of pyridine rings is 1. The smallest absolute Gasteiger partial charge is 0.253 e. The summed E-state index contributed by atoms with van der Waals surface area (Å²) < 4.78 is 21.0. The first-order valence-electron chi connectivity index (χ1n) is 11.5.